The molecule has 1 aliphatic heterocycles. The molecule has 0 radical (unpaired) electrons. The van der Waals surface area contributed by atoms with Crippen LogP contribution in [-0.2, 0) is 10.0 Å². The third-order valence-electron chi connectivity index (χ3n) is 5.31. The van der Waals surface area contributed by atoms with Crippen molar-refractivity contribution < 1.29 is 8.42 Å². The summed E-state index contributed by atoms with van der Waals surface area (Å²) in [6, 6.07) is 10.9. The number of rotatable bonds is 11. The third-order valence-corrected chi connectivity index (χ3v) is 7.18. The molecule has 1 aromatic rings. The Hall–Kier alpha value is -1.64. The maximum atomic E-state index is 11.8. The van der Waals surface area contributed by atoms with E-state index in [1.807, 2.05) is 6.92 Å². The number of hydrogen-bond acceptors (Lipinski definition) is 4. The third kappa shape index (κ3) is 7.60. The van der Waals surface area contributed by atoms with Crippen molar-refractivity contribution in [3.8, 4) is 0 Å². The van der Waals surface area contributed by atoms with Gasteiger partial charge in [-0.05, 0) is 51.8 Å². The van der Waals surface area contributed by atoms with Crippen LogP contribution in [0.4, 0.5) is 0 Å². The summed E-state index contributed by atoms with van der Waals surface area (Å²) in [5, 5.41) is 6.64. The molecule has 0 aromatic heterocycles. The average molecular weight is 424 g/mol. The minimum Gasteiger partial charge on any atom is -0.357 e. The van der Waals surface area contributed by atoms with E-state index in [9.17, 15) is 8.42 Å². The SMILES string of the molecule is CCNC(=NCC(c1ccccc1)N1CCCC1)NCCCN(C)S(=O)(=O)CC. The molecule has 1 saturated heterocycles. The zero-order valence-electron chi connectivity index (χ0n) is 18.1. The van der Waals surface area contributed by atoms with Gasteiger partial charge < -0.3 is 10.6 Å². The van der Waals surface area contributed by atoms with Crippen LogP contribution in [0, 0.1) is 0 Å². The Morgan fingerprint density at radius 2 is 1.86 bits per heavy atom. The van der Waals surface area contributed by atoms with E-state index in [0.717, 1.165) is 32.0 Å². The molecule has 2 N–H and O–H groups in total. The van der Waals surface area contributed by atoms with Crippen LogP contribution in [0.1, 0.15) is 44.7 Å². The Morgan fingerprint density at radius 3 is 2.48 bits per heavy atom. The first-order valence-electron chi connectivity index (χ1n) is 10.7. The topological polar surface area (TPSA) is 77.0 Å². The van der Waals surface area contributed by atoms with Crippen molar-refractivity contribution in [3.63, 3.8) is 0 Å². The Labute approximate surface area is 176 Å². The van der Waals surface area contributed by atoms with Crippen LogP contribution < -0.4 is 10.6 Å². The Kier molecular flexibility index (Phi) is 9.90. The highest BCUT2D eigenvalue weighted by Gasteiger charge is 2.23. The van der Waals surface area contributed by atoms with Gasteiger partial charge in [-0.2, -0.15) is 0 Å². The number of benzene rings is 1. The lowest BCUT2D eigenvalue weighted by molar-refractivity contribution is 0.251. The molecule has 8 heteroatoms. The predicted molar refractivity (Wildman–Crippen MR) is 121 cm³/mol. The van der Waals surface area contributed by atoms with E-state index in [1.54, 1.807) is 14.0 Å². The van der Waals surface area contributed by atoms with Crippen LogP contribution in [0.25, 0.3) is 0 Å². The van der Waals surface area contributed by atoms with Gasteiger partial charge in [0.05, 0.1) is 18.3 Å². The van der Waals surface area contributed by atoms with E-state index in [1.165, 1.54) is 22.7 Å². The summed E-state index contributed by atoms with van der Waals surface area (Å²) in [5.74, 6) is 0.923. The van der Waals surface area contributed by atoms with Gasteiger partial charge in [-0.1, -0.05) is 30.3 Å². The van der Waals surface area contributed by atoms with Gasteiger partial charge in [-0.25, -0.2) is 12.7 Å². The number of nitrogens with one attached hydrogen (secondary N) is 2. The van der Waals surface area contributed by atoms with Gasteiger partial charge in [-0.3, -0.25) is 9.89 Å². The van der Waals surface area contributed by atoms with Crippen molar-refractivity contribution in [2.24, 2.45) is 4.99 Å². The number of guanidine groups is 1. The number of aliphatic imine (C=N–C) groups is 1. The van der Waals surface area contributed by atoms with Crippen molar-refractivity contribution in [1.82, 2.24) is 19.8 Å². The lowest BCUT2D eigenvalue weighted by atomic mass is 10.1. The minimum atomic E-state index is -3.12. The summed E-state index contributed by atoms with van der Waals surface area (Å²) in [6.45, 7) is 8.63. The molecular weight excluding hydrogens is 386 g/mol. The van der Waals surface area contributed by atoms with Crippen LogP contribution in [0.15, 0.2) is 35.3 Å². The van der Waals surface area contributed by atoms with E-state index < -0.39 is 10.0 Å². The first kappa shape index (κ1) is 23.6. The fourth-order valence-electron chi connectivity index (χ4n) is 3.55. The highest BCUT2D eigenvalue weighted by molar-refractivity contribution is 7.89. The van der Waals surface area contributed by atoms with Gasteiger partial charge in [0, 0.05) is 26.7 Å². The van der Waals surface area contributed by atoms with Crippen molar-refractivity contribution in [2.75, 3.05) is 52.1 Å². The maximum absolute atomic E-state index is 11.8. The molecule has 0 amide bonds. The number of nitrogens with zero attached hydrogens (tertiary/aromatic N) is 3. The Balaban J connectivity index is 1.93. The van der Waals surface area contributed by atoms with Gasteiger partial charge in [0.15, 0.2) is 5.96 Å². The summed E-state index contributed by atoms with van der Waals surface area (Å²) in [4.78, 5) is 7.36. The highest BCUT2D eigenvalue weighted by Crippen LogP contribution is 2.25. The summed E-state index contributed by atoms with van der Waals surface area (Å²) >= 11 is 0. The number of hydrogen-bond donors (Lipinski definition) is 2. The van der Waals surface area contributed by atoms with Gasteiger partial charge in [0.2, 0.25) is 10.0 Å². The average Bonchev–Trinajstić information content (AvgIpc) is 3.26. The molecule has 1 heterocycles. The van der Waals surface area contributed by atoms with Crippen LogP contribution in [0.5, 0.6) is 0 Å². The quantitative estimate of drug-likeness (QED) is 0.324. The maximum Gasteiger partial charge on any atom is 0.213 e. The fourth-order valence-corrected chi connectivity index (χ4v) is 4.40. The molecule has 0 saturated carbocycles. The second-order valence-corrected chi connectivity index (χ2v) is 9.76. The van der Waals surface area contributed by atoms with Gasteiger partial charge in [-0.15, -0.1) is 0 Å². The van der Waals surface area contributed by atoms with Crippen LogP contribution in [0.2, 0.25) is 0 Å². The molecular formula is C21H37N5O2S. The van der Waals surface area contributed by atoms with Crippen molar-refractivity contribution in [3.05, 3.63) is 35.9 Å². The molecule has 1 atom stereocenters. The standard InChI is InChI=1S/C21H37N5O2S/c1-4-22-21(23-14-11-15-25(3)29(27,28)5-2)24-18-20(26-16-9-10-17-26)19-12-7-6-8-13-19/h6-8,12-13,20H,4-5,9-11,14-18H2,1-3H3,(H2,22,23,24). The van der Waals surface area contributed by atoms with E-state index in [0.29, 0.717) is 19.6 Å². The predicted octanol–water partition coefficient (Wildman–Crippen LogP) is 2.05. The van der Waals surface area contributed by atoms with Crippen molar-refractivity contribution >= 4 is 16.0 Å². The zero-order valence-corrected chi connectivity index (χ0v) is 18.9. The molecule has 1 unspecified atom stereocenters. The molecule has 1 fully saturated rings. The second kappa shape index (κ2) is 12.1. The van der Waals surface area contributed by atoms with Gasteiger partial charge >= 0.3 is 0 Å². The molecule has 2 rings (SSSR count). The van der Waals surface area contributed by atoms with E-state index >= 15 is 0 Å². The summed E-state index contributed by atoms with van der Waals surface area (Å²) < 4.78 is 25.1. The molecule has 0 aliphatic carbocycles. The lowest BCUT2D eigenvalue weighted by Gasteiger charge is -2.27. The molecule has 0 bridgehead atoms. The highest BCUT2D eigenvalue weighted by atomic mass is 32.2. The molecule has 29 heavy (non-hydrogen) atoms. The van der Waals surface area contributed by atoms with Crippen molar-refractivity contribution in [2.45, 2.75) is 39.2 Å². The zero-order chi connectivity index (χ0) is 21.1. The normalized spacial score (nSPS) is 16.9. The molecule has 0 spiro atoms. The second-order valence-electron chi connectivity index (χ2n) is 7.39. The van der Waals surface area contributed by atoms with E-state index in [2.05, 4.69) is 45.9 Å². The summed E-state index contributed by atoms with van der Waals surface area (Å²) in [5.41, 5.74) is 1.31. The Morgan fingerprint density at radius 1 is 1.17 bits per heavy atom. The molecule has 1 aliphatic rings. The monoisotopic (exact) mass is 423 g/mol. The van der Waals surface area contributed by atoms with Crippen molar-refractivity contribution in [1.29, 1.82) is 0 Å². The Bertz CT molecular complexity index is 718. The first-order valence-corrected chi connectivity index (χ1v) is 12.3. The van der Waals surface area contributed by atoms with E-state index in [4.69, 9.17) is 4.99 Å². The van der Waals surface area contributed by atoms with Crippen LogP contribution >= 0.6 is 0 Å². The number of likely N-dealkylation sites (tertiary alicyclic amines) is 1. The smallest absolute Gasteiger partial charge is 0.213 e. The molecule has 164 valence electrons. The van der Waals surface area contributed by atoms with Crippen LogP contribution in [0.3, 0.4) is 0 Å². The molecule has 1 aromatic carbocycles. The molecule has 7 nitrogen and oxygen atoms in total. The lowest BCUT2D eigenvalue weighted by Crippen LogP contribution is -2.40. The summed E-state index contributed by atoms with van der Waals surface area (Å²) in [6.07, 6.45) is 3.23. The van der Waals surface area contributed by atoms with Gasteiger partial charge in [0.1, 0.15) is 0 Å². The van der Waals surface area contributed by atoms with E-state index in [-0.39, 0.29) is 11.8 Å². The summed E-state index contributed by atoms with van der Waals surface area (Å²) in [7, 11) is -1.48. The van der Waals surface area contributed by atoms with Gasteiger partial charge in [0.25, 0.3) is 0 Å². The first-order chi connectivity index (χ1) is 14.0. The largest absolute Gasteiger partial charge is 0.357 e. The van der Waals surface area contributed by atoms with Crippen LogP contribution in [-0.4, -0.2) is 75.7 Å². The minimum absolute atomic E-state index is 0.137. The fraction of sp³-hybridized carbons (Fsp3) is 0.667. The number of sulfonamides is 1.